The van der Waals surface area contributed by atoms with Gasteiger partial charge in [0, 0.05) is 12.1 Å². The maximum atomic E-state index is 13.2. The first-order valence-electron chi connectivity index (χ1n) is 11.2. The molecule has 3 aromatic carbocycles. The molecule has 6 nitrogen and oxygen atoms in total. The zero-order valence-corrected chi connectivity index (χ0v) is 19.0. The number of esters is 1. The smallest absolute Gasteiger partial charge is 0.305 e. The van der Waals surface area contributed by atoms with Gasteiger partial charge in [0.05, 0.1) is 31.2 Å². The minimum Gasteiger partial charge on any atom is -0.491 e. The van der Waals surface area contributed by atoms with E-state index in [-0.39, 0.29) is 30.3 Å². The van der Waals surface area contributed by atoms with Gasteiger partial charge in [-0.05, 0) is 59.9 Å². The average Bonchev–Trinajstić information content (AvgIpc) is 3.30. The molecule has 1 aliphatic rings. The number of methoxy groups -OCH3 is 1. The molecule has 172 valence electrons. The van der Waals surface area contributed by atoms with Crippen LogP contribution in [0.15, 0.2) is 78.9 Å². The lowest BCUT2D eigenvalue weighted by atomic mass is 10.0. The van der Waals surface area contributed by atoms with Crippen LogP contribution in [0.4, 0.5) is 0 Å². The average molecular weight is 455 g/mol. The monoisotopic (exact) mass is 454 g/mol. The Hall–Kier alpha value is -4.11. The summed E-state index contributed by atoms with van der Waals surface area (Å²) in [6, 6.07) is 26.3. The highest BCUT2D eigenvalue weighted by Gasteiger charge is 2.37. The number of rotatable bonds is 7. The molecule has 1 fully saturated rings. The third-order valence-electron chi connectivity index (χ3n) is 6.11. The Morgan fingerprint density at radius 3 is 2.24 bits per heavy atom. The molecule has 1 saturated heterocycles. The van der Waals surface area contributed by atoms with Gasteiger partial charge in [-0.2, -0.15) is 5.26 Å². The van der Waals surface area contributed by atoms with Crippen molar-refractivity contribution in [3.63, 3.8) is 0 Å². The second-order valence-electron chi connectivity index (χ2n) is 8.38. The van der Waals surface area contributed by atoms with Gasteiger partial charge in [0.15, 0.2) is 0 Å². The Morgan fingerprint density at radius 2 is 1.62 bits per heavy atom. The number of hydrogen-bond donors (Lipinski definition) is 0. The van der Waals surface area contributed by atoms with Gasteiger partial charge in [0.25, 0.3) is 5.91 Å². The van der Waals surface area contributed by atoms with Crippen LogP contribution in [0.2, 0.25) is 0 Å². The van der Waals surface area contributed by atoms with E-state index in [2.05, 4.69) is 6.07 Å². The lowest BCUT2D eigenvalue weighted by Crippen LogP contribution is -2.39. The molecule has 4 rings (SSSR count). The van der Waals surface area contributed by atoms with E-state index in [1.165, 1.54) is 7.11 Å². The van der Waals surface area contributed by atoms with Crippen LogP contribution in [0.25, 0.3) is 11.1 Å². The number of likely N-dealkylation sites (tertiary alicyclic amines) is 1. The molecule has 6 heteroatoms. The van der Waals surface area contributed by atoms with Crippen molar-refractivity contribution in [1.82, 2.24) is 4.90 Å². The van der Waals surface area contributed by atoms with E-state index in [1.54, 1.807) is 24.3 Å². The third kappa shape index (κ3) is 5.44. The molecular weight excluding hydrogens is 428 g/mol. The summed E-state index contributed by atoms with van der Waals surface area (Å²) in [5, 5.41) is 8.96. The first-order valence-corrected chi connectivity index (χ1v) is 11.2. The number of benzene rings is 3. The van der Waals surface area contributed by atoms with Gasteiger partial charge < -0.3 is 14.4 Å². The quantitative estimate of drug-likeness (QED) is 0.484. The molecule has 3 aromatic rings. The van der Waals surface area contributed by atoms with Crippen molar-refractivity contribution in [3.05, 3.63) is 90.0 Å². The lowest BCUT2D eigenvalue weighted by molar-refractivity contribution is -0.141. The fraction of sp³-hybridized carbons (Fsp3) is 0.250. The largest absolute Gasteiger partial charge is 0.491 e. The van der Waals surface area contributed by atoms with Gasteiger partial charge in [-0.1, -0.05) is 42.5 Å². The maximum Gasteiger partial charge on any atom is 0.305 e. The van der Waals surface area contributed by atoms with Crippen molar-refractivity contribution in [1.29, 1.82) is 5.26 Å². The molecule has 0 spiro atoms. The van der Waals surface area contributed by atoms with Crippen molar-refractivity contribution >= 4 is 11.9 Å². The number of carbonyl (C=O) groups is 2. The van der Waals surface area contributed by atoms with E-state index in [9.17, 15) is 9.59 Å². The predicted molar refractivity (Wildman–Crippen MR) is 128 cm³/mol. The van der Waals surface area contributed by atoms with Crippen LogP contribution in [0.5, 0.6) is 5.75 Å². The van der Waals surface area contributed by atoms with E-state index >= 15 is 0 Å². The van der Waals surface area contributed by atoms with Crippen LogP contribution >= 0.6 is 0 Å². The fourth-order valence-electron chi connectivity index (χ4n) is 4.31. The normalized spacial score (nSPS) is 17.1. The highest BCUT2D eigenvalue weighted by Crippen LogP contribution is 2.29. The number of nitriles is 1. The van der Waals surface area contributed by atoms with E-state index < -0.39 is 0 Å². The highest BCUT2D eigenvalue weighted by molar-refractivity contribution is 5.94. The SMILES string of the molecule is COC(=O)C[C@@H]1C[C@@H](COc2ccc(-c3ccc(C#N)cc3)cc2)N(C(=O)c2ccccc2)C1. The molecule has 0 aromatic heterocycles. The topological polar surface area (TPSA) is 79.6 Å². The Bertz CT molecular complexity index is 1170. The molecule has 0 saturated carbocycles. The minimum absolute atomic E-state index is 0.0347. The first kappa shape index (κ1) is 23.1. The summed E-state index contributed by atoms with van der Waals surface area (Å²) in [6.45, 7) is 0.834. The van der Waals surface area contributed by atoms with Gasteiger partial charge in [-0.3, -0.25) is 9.59 Å². The van der Waals surface area contributed by atoms with Crippen LogP contribution in [0, 0.1) is 17.2 Å². The summed E-state index contributed by atoms with van der Waals surface area (Å²) in [5.74, 6) is 0.420. The molecule has 0 N–H and O–H groups in total. The van der Waals surface area contributed by atoms with E-state index in [1.807, 2.05) is 59.5 Å². The van der Waals surface area contributed by atoms with Crippen molar-refractivity contribution in [2.24, 2.45) is 5.92 Å². The first-order chi connectivity index (χ1) is 16.6. The van der Waals surface area contributed by atoms with E-state index in [0.29, 0.717) is 36.4 Å². The maximum absolute atomic E-state index is 13.2. The number of carbonyl (C=O) groups excluding carboxylic acids is 2. The summed E-state index contributed by atoms with van der Waals surface area (Å²) in [6.07, 6.45) is 0.960. The van der Waals surface area contributed by atoms with E-state index in [4.69, 9.17) is 14.7 Å². The third-order valence-corrected chi connectivity index (χ3v) is 6.11. The predicted octanol–water partition coefficient (Wildman–Crippen LogP) is 4.70. The number of hydrogen-bond acceptors (Lipinski definition) is 5. The molecule has 1 heterocycles. The molecule has 1 aliphatic heterocycles. The van der Waals surface area contributed by atoms with Crippen LogP contribution in [-0.2, 0) is 9.53 Å². The zero-order chi connectivity index (χ0) is 23.9. The van der Waals surface area contributed by atoms with Gasteiger partial charge in [-0.15, -0.1) is 0 Å². The van der Waals surface area contributed by atoms with Crippen molar-refractivity contribution in [2.45, 2.75) is 18.9 Å². The van der Waals surface area contributed by atoms with Crippen LogP contribution in [-0.4, -0.2) is 43.1 Å². The summed E-state index contributed by atoms with van der Waals surface area (Å²) >= 11 is 0. The second kappa shape index (κ2) is 10.7. The molecule has 0 aliphatic carbocycles. The van der Waals surface area contributed by atoms with Gasteiger partial charge in [-0.25, -0.2) is 0 Å². The van der Waals surface area contributed by atoms with Crippen LogP contribution in [0.3, 0.4) is 0 Å². The Labute approximate surface area is 199 Å². The molecule has 1 amide bonds. The van der Waals surface area contributed by atoms with Crippen LogP contribution < -0.4 is 4.74 Å². The van der Waals surface area contributed by atoms with Gasteiger partial charge in [0.2, 0.25) is 0 Å². The van der Waals surface area contributed by atoms with Crippen molar-refractivity contribution in [2.75, 3.05) is 20.3 Å². The number of nitrogens with zero attached hydrogens (tertiary/aromatic N) is 2. The van der Waals surface area contributed by atoms with Crippen molar-refractivity contribution < 1.29 is 19.1 Å². The Morgan fingerprint density at radius 1 is 0.971 bits per heavy atom. The lowest BCUT2D eigenvalue weighted by Gasteiger charge is -2.25. The summed E-state index contributed by atoms with van der Waals surface area (Å²) < 4.78 is 10.9. The van der Waals surface area contributed by atoms with Crippen molar-refractivity contribution in [3.8, 4) is 22.9 Å². The van der Waals surface area contributed by atoms with E-state index in [0.717, 1.165) is 11.1 Å². The Balaban J connectivity index is 1.43. The molecule has 34 heavy (non-hydrogen) atoms. The minimum atomic E-state index is -0.267. The summed E-state index contributed by atoms with van der Waals surface area (Å²) in [4.78, 5) is 26.8. The second-order valence-corrected chi connectivity index (χ2v) is 8.38. The summed E-state index contributed by atoms with van der Waals surface area (Å²) in [5.41, 5.74) is 3.29. The van der Waals surface area contributed by atoms with Gasteiger partial charge in [0.1, 0.15) is 12.4 Å². The molecular formula is C28H26N2O4. The highest BCUT2D eigenvalue weighted by atomic mass is 16.5. The molecule has 0 bridgehead atoms. The molecule has 0 radical (unpaired) electrons. The fourth-order valence-corrected chi connectivity index (χ4v) is 4.31. The number of ether oxygens (including phenoxy) is 2. The molecule has 0 unspecified atom stereocenters. The number of amides is 1. The molecule has 2 atom stereocenters. The summed E-state index contributed by atoms with van der Waals surface area (Å²) in [7, 11) is 1.38. The van der Waals surface area contributed by atoms with Gasteiger partial charge >= 0.3 is 5.97 Å². The Kier molecular flexibility index (Phi) is 7.24. The standard InChI is InChI=1S/C28H26N2O4/c1-33-27(31)16-21-15-25(30(18-21)28(32)24-5-3-2-4-6-24)19-34-26-13-11-23(12-14-26)22-9-7-20(17-29)8-10-22/h2-14,21,25H,15-16,18-19H2,1H3/t21-,25-/m0/s1. The zero-order valence-electron chi connectivity index (χ0n) is 19.0. The van der Waals surface area contributed by atoms with Crippen LogP contribution in [0.1, 0.15) is 28.8 Å².